The molecule has 0 aromatic heterocycles. The minimum absolute atomic E-state index is 0.00302. The standard InChI is InChI=1S/C23H28N2O2/c26-23(22-8-5-15-27-22)24-16-20-6-1-2-7-21(20)19-11-9-18(10-12-19)17-25-13-3-4-14-25/h1-2,6-7,9-12,22H,3-5,8,13-17H2,(H,24,26). The van der Waals surface area contributed by atoms with Gasteiger partial charge in [0.2, 0.25) is 5.91 Å². The summed E-state index contributed by atoms with van der Waals surface area (Å²) < 4.78 is 5.47. The third-order valence-corrected chi connectivity index (χ3v) is 5.56. The first-order valence-electron chi connectivity index (χ1n) is 10.1. The number of amides is 1. The van der Waals surface area contributed by atoms with E-state index in [0.29, 0.717) is 13.2 Å². The van der Waals surface area contributed by atoms with Crippen molar-refractivity contribution in [3.8, 4) is 11.1 Å². The van der Waals surface area contributed by atoms with Crippen LogP contribution in [0.5, 0.6) is 0 Å². The molecule has 2 fully saturated rings. The van der Waals surface area contributed by atoms with Gasteiger partial charge in [0.1, 0.15) is 6.10 Å². The van der Waals surface area contributed by atoms with Crippen molar-refractivity contribution in [3.63, 3.8) is 0 Å². The molecular formula is C23H28N2O2. The summed E-state index contributed by atoms with van der Waals surface area (Å²) in [6.45, 7) is 4.70. The van der Waals surface area contributed by atoms with E-state index in [2.05, 4.69) is 52.7 Å². The van der Waals surface area contributed by atoms with Crippen molar-refractivity contribution in [1.82, 2.24) is 10.2 Å². The van der Waals surface area contributed by atoms with Crippen molar-refractivity contribution >= 4 is 5.91 Å². The molecule has 2 aromatic rings. The largest absolute Gasteiger partial charge is 0.368 e. The third kappa shape index (κ3) is 4.57. The van der Waals surface area contributed by atoms with E-state index in [1.807, 2.05) is 6.07 Å². The number of hydrogen-bond donors (Lipinski definition) is 1. The lowest BCUT2D eigenvalue weighted by molar-refractivity contribution is -0.130. The normalized spacial score (nSPS) is 20.1. The van der Waals surface area contributed by atoms with Crippen LogP contribution in [-0.2, 0) is 22.6 Å². The highest BCUT2D eigenvalue weighted by atomic mass is 16.5. The molecule has 1 N–H and O–H groups in total. The Morgan fingerprint density at radius 2 is 1.81 bits per heavy atom. The molecule has 4 rings (SSSR count). The number of hydrogen-bond acceptors (Lipinski definition) is 3. The van der Waals surface area contributed by atoms with Gasteiger partial charge in [-0.25, -0.2) is 0 Å². The van der Waals surface area contributed by atoms with Gasteiger partial charge in [-0.05, 0) is 61.0 Å². The minimum atomic E-state index is -0.276. The number of nitrogens with zero attached hydrogens (tertiary/aromatic N) is 1. The molecule has 4 nitrogen and oxygen atoms in total. The zero-order chi connectivity index (χ0) is 18.5. The Morgan fingerprint density at radius 3 is 2.56 bits per heavy atom. The molecule has 2 aliphatic rings. The van der Waals surface area contributed by atoms with Gasteiger partial charge in [0.25, 0.3) is 0 Å². The van der Waals surface area contributed by atoms with Crippen LogP contribution >= 0.6 is 0 Å². The molecule has 2 heterocycles. The summed E-state index contributed by atoms with van der Waals surface area (Å²) in [4.78, 5) is 14.8. The predicted molar refractivity (Wildman–Crippen MR) is 107 cm³/mol. The number of likely N-dealkylation sites (tertiary alicyclic amines) is 1. The molecule has 0 spiro atoms. The Labute approximate surface area is 161 Å². The molecule has 142 valence electrons. The Morgan fingerprint density at radius 1 is 1.04 bits per heavy atom. The summed E-state index contributed by atoms with van der Waals surface area (Å²) in [5.74, 6) is 0.00302. The van der Waals surface area contributed by atoms with Crippen LogP contribution < -0.4 is 5.32 Å². The Bertz CT molecular complexity index is 760. The Hall–Kier alpha value is -2.17. The van der Waals surface area contributed by atoms with E-state index in [4.69, 9.17) is 4.74 Å². The molecule has 0 bridgehead atoms. The summed E-state index contributed by atoms with van der Waals surface area (Å²) in [5.41, 5.74) is 4.88. The number of rotatable bonds is 6. The predicted octanol–water partition coefficient (Wildman–Crippen LogP) is 3.74. The van der Waals surface area contributed by atoms with Gasteiger partial charge in [-0.1, -0.05) is 48.5 Å². The first-order chi connectivity index (χ1) is 13.3. The van der Waals surface area contributed by atoms with Gasteiger partial charge in [-0.2, -0.15) is 0 Å². The lowest BCUT2D eigenvalue weighted by Crippen LogP contribution is -2.33. The second-order valence-corrected chi connectivity index (χ2v) is 7.56. The molecule has 1 unspecified atom stereocenters. The van der Waals surface area contributed by atoms with Crippen LogP contribution in [0.2, 0.25) is 0 Å². The molecule has 4 heteroatoms. The quantitative estimate of drug-likeness (QED) is 0.849. The minimum Gasteiger partial charge on any atom is -0.368 e. The fraction of sp³-hybridized carbons (Fsp3) is 0.435. The second-order valence-electron chi connectivity index (χ2n) is 7.56. The van der Waals surface area contributed by atoms with Crippen molar-refractivity contribution in [2.45, 2.75) is 44.9 Å². The number of carbonyl (C=O) groups excluding carboxylic acids is 1. The van der Waals surface area contributed by atoms with E-state index in [-0.39, 0.29) is 12.0 Å². The van der Waals surface area contributed by atoms with Gasteiger partial charge < -0.3 is 10.1 Å². The lowest BCUT2D eigenvalue weighted by atomic mass is 9.98. The van der Waals surface area contributed by atoms with Crippen LogP contribution in [0.25, 0.3) is 11.1 Å². The molecule has 1 atom stereocenters. The zero-order valence-corrected chi connectivity index (χ0v) is 15.8. The molecule has 27 heavy (non-hydrogen) atoms. The second kappa shape index (κ2) is 8.68. The third-order valence-electron chi connectivity index (χ3n) is 5.56. The Kier molecular flexibility index (Phi) is 5.85. The summed E-state index contributed by atoms with van der Waals surface area (Å²) in [6.07, 6.45) is 4.17. The Balaban J connectivity index is 1.42. The van der Waals surface area contributed by atoms with Crippen molar-refractivity contribution in [2.75, 3.05) is 19.7 Å². The topological polar surface area (TPSA) is 41.6 Å². The van der Waals surface area contributed by atoms with E-state index >= 15 is 0 Å². The summed E-state index contributed by atoms with van der Waals surface area (Å²) in [6, 6.07) is 17.2. The molecule has 2 aromatic carbocycles. The van der Waals surface area contributed by atoms with E-state index in [1.165, 1.54) is 42.6 Å². The number of benzene rings is 2. The number of nitrogens with one attached hydrogen (secondary N) is 1. The van der Waals surface area contributed by atoms with Crippen LogP contribution in [0.3, 0.4) is 0 Å². The average Bonchev–Trinajstić information content (AvgIpc) is 3.41. The van der Waals surface area contributed by atoms with E-state index in [1.54, 1.807) is 0 Å². The zero-order valence-electron chi connectivity index (χ0n) is 15.8. The van der Waals surface area contributed by atoms with Crippen LogP contribution in [0.4, 0.5) is 0 Å². The molecule has 0 radical (unpaired) electrons. The highest BCUT2D eigenvalue weighted by molar-refractivity contribution is 5.81. The molecular weight excluding hydrogens is 336 g/mol. The lowest BCUT2D eigenvalue weighted by Gasteiger charge is -2.16. The smallest absolute Gasteiger partial charge is 0.249 e. The fourth-order valence-electron chi connectivity index (χ4n) is 4.03. The van der Waals surface area contributed by atoms with Gasteiger partial charge >= 0.3 is 0 Å². The highest BCUT2D eigenvalue weighted by Crippen LogP contribution is 2.25. The van der Waals surface area contributed by atoms with Gasteiger partial charge in [-0.15, -0.1) is 0 Å². The van der Waals surface area contributed by atoms with E-state index < -0.39 is 0 Å². The molecule has 0 saturated carbocycles. The summed E-state index contributed by atoms with van der Waals surface area (Å²) in [5, 5.41) is 3.04. The molecule has 1 amide bonds. The molecule has 0 aliphatic carbocycles. The van der Waals surface area contributed by atoms with Crippen LogP contribution in [0.15, 0.2) is 48.5 Å². The van der Waals surface area contributed by atoms with Gasteiger partial charge in [0.15, 0.2) is 0 Å². The average molecular weight is 364 g/mol. The van der Waals surface area contributed by atoms with Gasteiger partial charge in [-0.3, -0.25) is 9.69 Å². The first kappa shape index (κ1) is 18.2. The van der Waals surface area contributed by atoms with Gasteiger partial charge in [0, 0.05) is 19.7 Å². The molecule has 2 saturated heterocycles. The maximum atomic E-state index is 12.2. The molecule has 2 aliphatic heterocycles. The van der Waals surface area contributed by atoms with Gasteiger partial charge in [0.05, 0.1) is 0 Å². The first-order valence-corrected chi connectivity index (χ1v) is 10.1. The SMILES string of the molecule is O=C(NCc1ccccc1-c1ccc(CN2CCCC2)cc1)C1CCCO1. The fourth-order valence-corrected chi connectivity index (χ4v) is 4.03. The van der Waals surface area contributed by atoms with Crippen molar-refractivity contribution in [1.29, 1.82) is 0 Å². The highest BCUT2D eigenvalue weighted by Gasteiger charge is 2.23. The maximum absolute atomic E-state index is 12.2. The number of ether oxygens (including phenoxy) is 1. The maximum Gasteiger partial charge on any atom is 0.249 e. The van der Waals surface area contributed by atoms with Crippen molar-refractivity contribution in [2.24, 2.45) is 0 Å². The summed E-state index contributed by atoms with van der Waals surface area (Å²) in [7, 11) is 0. The number of carbonyl (C=O) groups is 1. The van der Waals surface area contributed by atoms with E-state index in [0.717, 1.165) is 24.9 Å². The van der Waals surface area contributed by atoms with Crippen LogP contribution in [-0.4, -0.2) is 36.6 Å². The van der Waals surface area contributed by atoms with Crippen LogP contribution in [0.1, 0.15) is 36.8 Å². The van der Waals surface area contributed by atoms with Crippen molar-refractivity contribution < 1.29 is 9.53 Å². The monoisotopic (exact) mass is 364 g/mol. The van der Waals surface area contributed by atoms with Crippen LogP contribution in [0, 0.1) is 0 Å². The summed E-state index contributed by atoms with van der Waals surface area (Å²) >= 11 is 0. The van der Waals surface area contributed by atoms with Crippen molar-refractivity contribution in [3.05, 3.63) is 59.7 Å². The van der Waals surface area contributed by atoms with E-state index in [9.17, 15) is 4.79 Å².